The molecule has 4 heteroatoms. The van der Waals surface area contributed by atoms with Crippen LogP contribution in [0.4, 0.5) is 5.13 Å². The zero-order chi connectivity index (χ0) is 13.1. The molecule has 1 aromatic heterocycles. The van der Waals surface area contributed by atoms with Crippen molar-refractivity contribution >= 4 is 16.5 Å². The zero-order valence-electron chi connectivity index (χ0n) is 11.1. The fraction of sp³-hybridized carbons (Fsp3) is 0.400. The summed E-state index contributed by atoms with van der Waals surface area (Å²) in [5, 5.41) is 4.23. The van der Waals surface area contributed by atoms with Crippen molar-refractivity contribution in [1.82, 2.24) is 4.98 Å². The highest BCUT2D eigenvalue weighted by Crippen LogP contribution is 2.41. The molecular weight excluding hydrogens is 256 g/mol. The summed E-state index contributed by atoms with van der Waals surface area (Å²) >= 11 is 1.70. The maximum atomic E-state index is 5.02. The van der Waals surface area contributed by atoms with Crippen LogP contribution in [0.3, 0.4) is 0 Å². The molecule has 3 rings (SSSR count). The van der Waals surface area contributed by atoms with Gasteiger partial charge in [-0.2, -0.15) is 0 Å². The second-order valence-electron chi connectivity index (χ2n) is 4.85. The smallest absolute Gasteiger partial charge is 0.183 e. The van der Waals surface area contributed by atoms with Crippen LogP contribution >= 0.6 is 11.3 Å². The van der Waals surface area contributed by atoms with Gasteiger partial charge in [0.05, 0.1) is 11.5 Å². The lowest BCUT2D eigenvalue weighted by Crippen LogP contribution is -2.06. The first-order valence-corrected chi connectivity index (χ1v) is 7.47. The third-order valence-corrected chi connectivity index (χ3v) is 4.31. The summed E-state index contributed by atoms with van der Waals surface area (Å²) in [7, 11) is 1.71. The Morgan fingerprint density at radius 2 is 2.32 bits per heavy atom. The number of methoxy groups -OCH3 is 1. The molecule has 0 amide bonds. The number of aromatic nitrogens is 1. The molecule has 0 aliphatic heterocycles. The van der Waals surface area contributed by atoms with E-state index >= 15 is 0 Å². The molecule has 1 aliphatic carbocycles. The SMILES string of the molecule is COCCNc1ncc(-c2cccc(C3CC3)c2)s1. The topological polar surface area (TPSA) is 34.1 Å². The van der Waals surface area contributed by atoms with Crippen LogP contribution in [0.2, 0.25) is 0 Å². The molecule has 1 fully saturated rings. The molecule has 100 valence electrons. The Balaban J connectivity index is 1.72. The maximum absolute atomic E-state index is 5.02. The van der Waals surface area contributed by atoms with Crippen LogP contribution in [0.5, 0.6) is 0 Å². The average Bonchev–Trinajstić information content (AvgIpc) is 3.19. The summed E-state index contributed by atoms with van der Waals surface area (Å²) < 4.78 is 5.02. The first-order valence-electron chi connectivity index (χ1n) is 6.66. The van der Waals surface area contributed by atoms with Crippen LogP contribution in [0.25, 0.3) is 10.4 Å². The van der Waals surface area contributed by atoms with Gasteiger partial charge in [0.25, 0.3) is 0 Å². The van der Waals surface area contributed by atoms with Crippen molar-refractivity contribution in [3.05, 3.63) is 36.0 Å². The van der Waals surface area contributed by atoms with Gasteiger partial charge in [-0.3, -0.25) is 0 Å². The molecule has 2 aromatic rings. The van der Waals surface area contributed by atoms with E-state index in [1.165, 1.54) is 28.8 Å². The van der Waals surface area contributed by atoms with Crippen LogP contribution in [-0.4, -0.2) is 25.2 Å². The van der Waals surface area contributed by atoms with Crippen LogP contribution in [-0.2, 0) is 4.74 Å². The van der Waals surface area contributed by atoms with Gasteiger partial charge in [-0.15, -0.1) is 0 Å². The summed E-state index contributed by atoms with van der Waals surface area (Å²) in [5.74, 6) is 0.798. The van der Waals surface area contributed by atoms with Gasteiger partial charge in [-0.05, 0) is 29.9 Å². The van der Waals surface area contributed by atoms with Crippen LogP contribution in [0.1, 0.15) is 24.3 Å². The van der Waals surface area contributed by atoms with E-state index in [0.29, 0.717) is 6.61 Å². The average molecular weight is 274 g/mol. The molecule has 0 unspecified atom stereocenters. The molecule has 1 aliphatic rings. The van der Waals surface area contributed by atoms with Crippen LogP contribution in [0, 0.1) is 0 Å². The van der Waals surface area contributed by atoms with Crippen molar-refractivity contribution in [3.8, 4) is 10.4 Å². The van der Waals surface area contributed by atoms with Gasteiger partial charge in [0.2, 0.25) is 0 Å². The molecule has 1 aromatic carbocycles. The maximum Gasteiger partial charge on any atom is 0.183 e. The highest BCUT2D eigenvalue weighted by molar-refractivity contribution is 7.18. The summed E-state index contributed by atoms with van der Waals surface area (Å²) in [6, 6.07) is 8.86. The summed E-state index contributed by atoms with van der Waals surface area (Å²) in [6.45, 7) is 1.50. The van der Waals surface area contributed by atoms with Crippen molar-refractivity contribution in [2.24, 2.45) is 0 Å². The highest BCUT2D eigenvalue weighted by Gasteiger charge is 2.23. The molecule has 1 saturated carbocycles. The van der Waals surface area contributed by atoms with E-state index < -0.39 is 0 Å². The molecule has 3 nitrogen and oxygen atoms in total. The van der Waals surface area contributed by atoms with E-state index in [1.54, 1.807) is 18.4 Å². The van der Waals surface area contributed by atoms with Crippen LogP contribution < -0.4 is 5.32 Å². The Morgan fingerprint density at radius 1 is 1.42 bits per heavy atom. The predicted octanol–water partition coefficient (Wildman–Crippen LogP) is 3.75. The number of anilines is 1. The number of thiazole rings is 1. The lowest BCUT2D eigenvalue weighted by Gasteiger charge is -2.02. The number of ether oxygens (including phenoxy) is 1. The van der Waals surface area contributed by atoms with E-state index in [0.717, 1.165) is 17.6 Å². The lowest BCUT2D eigenvalue weighted by molar-refractivity contribution is 0.211. The van der Waals surface area contributed by atoms with Crippen molar-refractivity contribution in [2.45, 2.75) is 18.8 Å². The minimum Gasteiger partial charge on any atom is -0.383 e. The summed E-state index contributed by atoms with van der Waals surface area (Å²) in [5.41, 5.74) is 2.75. The van der Waals surface area contributed by atoms with Crippen LogP contribution in [0.15, 0.2) is 30.5 Å². The molecule has 0 atom stereocenters. The highest BCUT2D eigenvalue weighted by atomic mass is 32.1. The molecule has 0 bridgehead atoms. The lowest BCUT2D eigenvalue weighted by atomic mass is 10.1. The Hall–Kier alpha value is -1.39. The second-order valence-corrected chi connectivity index (χ2v) is 5.88. The minimum atomic E-state index is 0.700. The largest absolute Gasteiger partial charge is 0.383 e. The Morgan fingerprint density at radius 3 is 3.11 bits per heavy atom. The monoisotopic (exact) mass is 274 g/mol. The van der Waals surface area contributed by atoms with Gasteiger partial charge in [0, 0.05) is 19.9 Å². The normalized spacial score (nSPS) is 14.6. The van der Waals surface area contributed by atoms with Gasteiger partial charge in [-0.1, -0.05) is 35.6 Å². The number of hydrogen-bond acceptors (Lipinski definition) is 4. The summed E-state index contributed by atoms with van der Waals surface area (Å²) in [4.78, 5) is 5.63. The Bertz CT molecular complexity index is 549. The molecule has 1 N–H and O–H groups in total. The molecular formula is C15H18N2OS. The van der Waals surface area contributed by atoms with Crippen molar-refractivity contribution in [3.63, 3.8) is 0 Å². The Labute approximate surface area is 117 Å². The van der Waals surface area contributed by atoms with Crippen molar-refractivity contribution in [2.75, 3.05) is 25.6 Å². The zero-order valence-corrected chi connectivity index (χ0v) is 11.9. The minimum absolute atomic E-state index is 0.700. The third-order valence-electron chi connectivity index (χ3n) is 3.31. The first kappa shape index (κ1) is 12.6. The molecule has 0 saturated heterocycles. The third kappa shape index (κ3) is 3.14. The van der Waals surface area contributed by atoms with Crippen molar-refractivity contribution < 1.29 is 4.74 Å². The van der Waals surface area contributed by atoms with Gasteiger partial charge < -0.3 is 10.1 Å². The quantitative estimate of drug-likeness (QED) is 0.815. The Kier molecular flexibility index (Phi) is 3.80. The fourth-order valence-electron chi connectivity index (χ4n) is 2.11. The molecule has 0 spiro atoms. The molecule has 1 heterocycles. The number of nitrogens with one attached hydrogen (secondary N) is 1. The van der Waals surface area contributed by atoms with Gasteiger partial charge in [0.15, 0.2) is 5.13 Å². The fourth-order valence-corrected chi connectivity index (χ4v) is 2.95. The van der Waals surface area contributed by atoms with E-state index in [1.807, 2.05) is 6.20 Å². The first-order chi connectivity index (χ1) is 9.36. The van der Waals surface area contributed by atoms with Gasteiger partial charge >= 0.3 is 0 Å². The van der Waals surface area contributed by atoms with Gasteiger partial charge in [0.1, 0.15) is 0 Å². The van der Waals surface area contributed by atoms with Crippen molar-refractivity contribution in [1.29, 1.82) is 0 Å². The predicted molar refractivity (Wildman–Crippen MR) is 79.9 cm³/mol. The number of benzene rings is 1. The van der Waals surface area contributed by atoms with E-state index in [2.05, 4.69) is 34.6 Å². The molecule has 0 radical (unpaired) electrons. The van der Waals surface area contributed by atoms with E-state index in [-0.39, 0.29) is 0 Å². The number of rotatable bonds is 6. The number of hydrogen-bond donors (Lipinski definition) is 1. The summed E-state index contributed by atoms with van der Waals surface area (Å²) in [6.07, 6.45) is 4.64. The van der Waals surface area contributed by atoms with E-state index in [9.17, 15) is 0 Å². The van der Waals surface area contributed by atoms with E-state index in [4.69, 9.17) is 4.74 Å². The number of nitrogens with zero attached hydrogens (tertiary/aromatic N) is 1. The van der Waals surface area contributed by atoms with Gasteiger partial charge in [-0.25, -0.2) is 4.98 Å². The molecule has 19 heavy (non-hydrogen) atoms. The standard InChI is InChI=1S/C15H18N2OS/c1-18-8-7-16-15-17-10-14(19-15)13-4-2-3-12(9-13)11-5-6-11/h2-4,9-11H,5-8H2,1H3,(H,16,17). The second kappa shape index (κ2) is 5.72.